The van der Waals surface area contributed by atoms with Gasteiger partial charge in [-0.05, 0) is 42.8 Å². The average Bonchev–Trinajstić information content (AvgIpc) is 2.37. The van der Waals surface area contributed by atoms with Crippen LogP contribution in [0.25, 0.3) is 0 Å². The monoisotopic (exact) mass is 321 g/mol. The Balaban J connectivity index is 2.15. The van der Waals surface area contributed by atoms with Crippen molar-refractivity contribution in [3.63, 3.8) is 0 Å². The summed E-state index contributed by atoms with van der Waals surface area (Å²) in [6.45, 7) is 2.32. The maximum absolute atomic E-state index is 9.41. The predicted octanol–water partition coefficient (Wildman–Crippen LogP) is 3.75. The van der Waals surface area contributed by atoms with E-state index in [0.29, 0.717) is 6.61 Å². The summed E-state index contributed by atoms with van der Waals surface area (Å²) in [6, 6.07) is 12.7. The van der Waals surface area contributed by atoms with Crippen LogP contribution >= 0.6 is 15.9 Å². The SMILES string of the molecule is C[C@@H](N)c1cc(Br)ccc1OCc1cccc(O)c1. The van der Waals surface area contributed by atoms with E-state index in [1.807, 2.05) is 31.2 Å². The minimum absolute atomic E-state index is 0.100. The van der Waals surface area contributed by atoms with E-state index in [1.165, 1.54) is 0 Å². The molecule has 2 rings (SSSR count). The molecule has 0 aliphatic carbocycles. The van der Waals surface area contributed by atoms with Gasteiger partial charge in [-0.25, -0.2) is 0 Å². The molecule has 4 heteroatoms. The molecular weight excluding hydrogens is 306 g/mol. The molecule has 0 saturated heterocycles. The van der Waals surface area contributed by atoms with E-state index in [4.69, 9.17) is 10.5 Å². The number of rotatable bonds is 4. The van der Waals surface area contributed by atoms with Crippen LogP contribution in [0.15, 0.2) is 46.9 Å². The van der Waals surface area contributed by atoms with Crippen molar-refractivity contribution in [2.24, 2.45) is 5.73 Å². The van der Waals surface area contributed by atoms with Crippen molar-refractivity contribution in [3.05, 3.63) is 58.1 Å². The molecular formula is C15H16BrNO2. The Kier molecular flexibility index (Phi) is 4.45. The van der Waals surface area contributed by atoms with Gasteiger partial charge in [0.15, 0.2) is 0 Å². The minimum Gasteiger partial charge on any atom is -0.508 e. The van der Waals surface area contributed by atoms with Crippen molar-refractivity contribution in [1.82, 2.24) is 0 Å². The predicted molar refractivity (Wildman–Crippen MR) is 79.2 cm³/mol. The van der Waals surface area contributed by atoms with Gasteiger partial charge in [0, 0.05) is 16.1 Å². The summed E-state index contributed by atoms with van der Waals surface area (Å²) in [5.74, 6) is 1.01. The molecule has 0 radical (unpaired) electrons. The Hall–Kier alpha value is -1.52. The minimum atomic E-state index is -0.100. The van der Waals surface area contributed by atoms with Crippen LogP contribution in [-0.2, 0) is 6.61 Å². The zero-order chi connectivity index (χ0) is 13.8. The molecule has 0 unspecified atom stereocenters. The molecule has 0 spiro atoms. The fraction of sp³-hybridized carbons (Fsp3) is 0.200. The highest BCUT2D eigenvalue weighted by Crippen LogP contribution is 2.28. The first kappa shape index (κ1) is 13.9. The number of hydrogen-bond donors (Lipinski definition) is 2. The first-order valence-corrected chi connectivity index (χ1v) is 6.81. The maximum Gasteiger partial charge on any atom is 0.124 e. The largest absolute Gasteiger partial charge is 0.508 e. The fourth-order valence-electron chi connectivity index (χ4n) is 1.81. The summed E-state index contributed by atoms with van der Waals surface area (Å²) < 4.78 is 6.76. The van der Waals surface area contributed by atoms with Crippen molar-refractivity contribution in [1.29, 1.82) is 0 Å². The Morgan fingerprint density at radius 2 is 2.05 bits per heavy atom. The summed E-state index contributed by atoms with van der Waals surface area (Å²) in [5.41, 5.74) is 7.80. The molecule has 0 amide bonds. The molecule has 0 aliphatic rings. The Morgan fingerprint density at radius 1 is 1.26 bits per heavy atom. The molecule has 3 N–H and O–H groups in total. The second-order valence-electron chi connectivity index (χ2n) is 4.43. The third-order valence-corrected chi connectivity index (χ3v) is 3.26. The van der Waals surface area contributed by atoms with Gasteiger partial charge in [-0.3, -0.25) is 0 Å². The van der Waals surface area contributed by atoms with Crippen LogP contribution in [0.2, 0.25) is 0 Å². The summed E-state index contributed by atoms with van der Waals surface area (Å²) in [7, 11) is 0. The van der Waals surface area contributed by atoms with E-state index in [2.05, 4.69) is 15.9 Å². The van der Waals surface area contributed by atoms with E-state index < -0.39 is 0 Å². The van der Waals surface area contributed by atoms with Crippen LogP contribution in [0.5, 0.6) is 11.5 Å². The molecule has 0 saturated carbocycles. The van der Waals surface area contributed by atoms with E-state index in [1.54, 1.807) is 18.2 Å². The van der Waals surface area contributed by atoms with Gasteiger partial charge >= 0.3 is 0 Å². The second kappa shape index (κ2) is 6.08. The van der Waals surface area contributed by atoms with Crippen LogP contribution in [0.1, 0.15) is 24.1 Å². The molecule has 0 heterocycles. The molecule has 100 valence electrons. The van der Waals surface area contributed by atoms with Crippen LogP contribution in [-0.4, -0.2) is 5.11 Å². The molecule has 0 aliphatic heterocycles. The van der Waals surface area contributed by atoms with Crippen LogP contribution in [0, 0.1) is 0 Å². The number of nitrogens with two attached hydrogens (primary N) is 1. The normalized spacial score (nSPS) is 12.2. The highest BCUT2D eigenvalue weighted by atomic mass is 79.9. The third kappa shape index (κ3) is 3.72. The molecule has 0 bridgehead atoms. The number of ether oxygens (including phenoxy) is 1. The van der Waals surface area contributed by atoms with Gasteiger partial charge in [-0.15, -0.1) is 0 Å². The van der Waals surface area contributed by atoms with E-state index >= 15 is 0 Å². The number of benzene rings is 2. The van der Waals surface area contributed by atoms with Crippen LogP contribution in [0.4, 0.5) is 0 Å². The summed E-state index contributed by atoms with van der Waals surface area (Å²) in [6.07, 6.45) is 0. The van der Waals surface area contributed by atoms with Gasteiger partial charge in [0.2, 0.25) is 0 Å². The number of aromatic hydroxyl groups is 1. The highest BCUT2D eigenvalue weighted by molar-refractivity contribution is 9.10. The smallest absolute Gasteiger partial charge is 0.124 e. The first-order valence-electron chi connectivity index (χ1n) is 6.02. The average molecular weight is 322 g/mol. The lowest BCUT2D eigenvalue weighted by Crippen LogP contribution is -2.08. The topological polar surface area (TPSA) is 55.5 Å². The Labute approximate surface area is 121 Å². The van der Waals surface area contributed by atoms with E-state index in [0.717, 1.165) is 21.3 Å². The molecule has 0 fully saturated rings. The first-order chi connectivity index (χ1) is 9.06. The Morgan fingerprint density at radius 3 is 2.74 bits per heavy atom. The lowest BCUT2D eigenvalue weighted by molar-refractivity contribution is 0.300. The molecule has 2 aromatic carbocycles. The lowest BCUT2D eigenvalue weighted by Gasteiger charge is -2.14. The second-order valence-corrected chi connectivity index (χ2v) is 5.35. The fourth-order valence-corrected chi connectivity index (χ4v) is 2.19. The third-order valence-electron chi connectivity index (χ3n) is 2.77. The van der Waals surface area contributed by atoms with Crippen molar-refractivity contribution in [2.45, 2.75) is 19.6 Å². The van der Waals surface area contributed by atoms with Gasteiger partial charge < -0.3 is 15.6 Å². The van der Waals surface area contributed by atoms with Crippen molar-refractivity contribution < 1.29 is 9.84 Å². The van der Waals surface area contributed by atoms with Gasteiger partial charge in [-0.2, -0.15) is 0 Å². The van der Waals surface area contributed by atoms with Gasteiger partial charge in [0.25, 0.3) is 0 Å². The zero-order valence-electron chi connectivity index (χ0n) is 10.6. The van der Waals surface area contributed by atoms with Crippen molar-refractivity contribution >= 4 is 15.9 Å². The number of hydrogen-bond acceptors (Lipinski definition) is 3. The lowest BCUT2D eigenvalue weighted by atomic mass is 10.1. The van der Waals surface area contributed by atoms with Gasteiger partial charge in [0.05, 0.1) is 0 Å². The summed E-state index contributed by atoms with van der Waals surface area (Å²) in [4.78, 5) is 0. The maximum atomic E-state index is 9.41. The standard InChI is InChI=1S/C15H16BrNO2/c1-10(17)14-8-12(16)5-6-15(14)19-9-11-3-2-4-13(18)7-11/h2-8,10,18H,9,17H2,1H3/t10-/m1/s1. The number of halogens is 1. The summed E-state index contributed by atoms with van der Waals surface area (Å²) >= 11 is 3.43. The quantitative estimate of drug-likeness (QED) is 0.901. The number of phenolic OH excluding ortho intramolecular Hbond substituents is 1. The zero-order valence-corrected chi connectivity index (χ0v) is 12.2. The van der Waals surface area contributed by atoms with Gasteiger partial charge in [-0.1, -0.05) is 28.1 Å². The van der Waals surface area contributed by atoms with E-state index in [9.17, 15) is 5.11 Å². The van der Waals surface area contributed by atoms with Crippen LogP contribution in [0.3, 0.4) is 0 Å². The molecule has 1 atom stereocenters. The molecule has 2 aromatic rings. The van der Waals surface area contributed by atoms with Gasteiger partial charge in [0.1, 0.15) is 18.1 Å². The Bertz CT molecular complexity index is 570. The van der Waals surface area contributed by atoms with Crippen molar-refractivity contribution in [2.75, 3.05) is 0 Å². The highest BCUT2D eigenvalue weighted by Gasteiger charge is 2.09. The van der Waals surface area contributed by atoms with Crippen molar-refractivity contribution in [3.8, 4) is 11.5 Å². The molecule has 0 aromatic heterocycles. The molecule has 19 heavy (non-hydrogen) atoms. The van der Waals surface area contributed by atoms with E-state index in [-0.39, 0.29) is 11.8 Å². The summed E-state index contributed by atoms with van der Waals surface area (Å²) in [5, 5.41) is 9.41. The molecule has 3 nitrogen and oxygen atoms in total. The van der Waals surface area contributed by atoms with Crippen LogP contribution < -0.4 is 10.5 Å². The number of phenols is 1.